The Morgan fingerprint density at radius 3 is 2.33 bits per heavy atom. The number of aliphatic hydroxyl groups is 1. The van der Waals surface area contributed by atoms with Crippen molar-refractivity contribution >= 4 is 17.4 Å². The van der Waals surface area contributed by atoms with Gasteiger partial charge in [-0.2, -0.15) is 0 Å². The van der Waals surface area contributed by atoms with E-state index in [4.69, 9.17) is 9.47 Å². The highest BCUT2D eigenvalue weighted by Crippen LogP contribution is 2.40. The second kappa shape index (κ2) is 10.5. The third-order valence-electron chi connectivity index (χ3n) is 5.69. The predicted octanol–water partition coefficient (Wildman–Crippen LogP) is 3.78. The maximum atomic E-state index is 13.1. The highest BCUT2D eigenvalue weighted by Gasteiger charge is 2.46. The number of hydrogen-bond donors (Lipinski definition) is 1. The number of likely N-dealkylation sites (N-methyl/N-ethyl adjacent to an activating group) is 1. The number of carbonyl (C=O) groups is 2. The lowest BCUT2D eigenvalue weighted by Crippen LogP contribution is -2.35. The molecule has 1 saturated heterocycles. The first-order chi connectivity index (χ1) is 15.8. The van der Waals surface area contributed by atoms with Gasteiger partial charge in [-0.25, -0.2) is 0 Å². The number of aliphatic hydroxyl groups excluding tert-OH is 1. The first-order valence-electron chi connectivity index (χ1n) is 11.1. The number of nitrogens with zero attached hydrogens (tertiary/aromatic N) is 2. The highest BCUT2D eigenvalue weighted by atomic mass is 16.5. The van der Waals surface area contributed by atoms with Crippen LogP contribution < -0.4 is 9.47 Å². The topological polar surface area (TPSA) is 79.3 Å². The van der Waals surface area contributed by atoms with Gasteiger partial charge >= 0.3 is 0 Å². The molecule has 1 atom stereocenters. The Hall–Kier alpha value is -3.32. The van der Waals surface area contributed by atoms with Crippen molar-refractivity contribution < 1.29 is 24.2 Å². The maximum absolute atomic E-state index is 13.1. The van der Waals surface area contributed by atoms with Crippen molar-refractivity contribution in [1.29, 1.82) is 0 Å². The molecule has 1 amide bonds. The van der Waals surface area contributed by atoms with Crippen molar-refractivity contribution in [2.45, 2.75) is 26.3 Å². The quantitative estimate of drug-likeness (QED) is 0.354. The van der Waals surface area contributed by atoms with Gasteiger partial charge in [-0.3, -0.25) is 9.59 Å². The number of benzene rings is 2. The molecule has 1 heterocycles. The Morgan fingerprint density at radius 2 is 1.76 bits per heavy atom. The Morgan fingerprint density at radius 1 is 1.09 bits per heavy atom. The van der Waals surface area contributed by atoms with E-state index in [0.29, 0.717) is 36.8 Å². The lowest BCUT2D eigenvalue weighted by molar-refractivity contribution is -0.140. The summed E-state index contributed by atoms with van der Waals surface area (Å²) < 4.78 is 10.9. The van der Waals surface area contributed by atoms with E-state index < -0.39 is 17.7 Å². The molecule has 7 nitrogen and oxygen atoms in total. The van der Waals surface area contributed by atoms with E-state index >= 15 is 0 Å². The molecule has 1 N–H and O–H groups in total. The fourth-order valence-corrected chi connectivity index (χ4v) is 3.91. The lowest BCUT2D eigenvalue weighted by atomic mass is 9.94. The van der Waals surface area contributed by atoms with Crippen LogP contribution in [0.3, 0.4) is 0 Å². The number of ether oxygens (including phenoxy) is 2. The Kier molecular flexibility index (Phi) is 7.76. The zero-order valence-corrected chi connectivity index (χ0v) is 19.9. The molecule has 2 aromatic carbocycles. The van der Waals surface area contributed by atoms with Crippen molar-refractivity contribution in [3.63, 3.8) is 0 Å². The smallest absolute Gasteiger partial charge is 0.295 e. The molecule has 7 heteroatoms. The van der Waals surface area contributed by atoms with Gasteiger partial charge in [0, 0.05) is 18.7 Å². The highest BCUT2D eigenvalue weighted by molar-refractivity contribution is 6.46. The summed E-state index contributed by atoms with van der Waals surface area (Å²) in [4.78, 5) is 29.6. The molecule has 2 aromatic rings. The van der Waals surface area contributed by atoms with Crippen LogP contribution in [0, 0.1) is 6.92 Å². The number of Topliss-reactive ketones (excluding diaryl/α,β-unsaturated/α-hetero) is 1. The van der Waals surface area contributed by atoms with Crippen LogP contribution in [0.15, 0.2) is 48.0 Å². The van der Waals surface area contributed by atoms with E-state index in [-0.39, 0.29) is 11.3 Å². The third kappa shape index (κ3) is 5.20. The number of methoxy groups -OCH3 is 1. The summed E-state index contributed by atoms with van der Waals surface area (Å²) in [6.07, 6.45) is 0.888. The van der Waals surface area contributed by atoms with Crippen LogP contribution >= 0.6 is 0 Å². The van der Waals surface area contributed by atoms with Crippen LogP contribution in [0.4, 0.5) is 0 Å². The lowest BCUT2D eigenvalue weighted by Gasteiger charge is -2.26. The van der Waals surface area contributed by atoms with Gasteiger partial charge in [-0.15, -0.1) is 0 Å². The molecule has 1 aliphatic rings. The second-order valence-electron chi connectivity index (χ2n) is 8.39. The van der Waals surface area contributed by atoms with Crippen molar-refractivity contribution in [2.24, 2.45) is 0 Å². The number of rotatable bonds is 9. The summed E-state index contributed by atoms with van der Waals surface area (Å²) in [6.45, 7) is 5.41. The van der Waals surface area contributed by atoms with Gasteiger partial charge in [0.1, 0.15) is 17.3 Å². The molecular weight excluding hydrogens is 420 g/mol. The molecule has 33 heavy (non-hydrogen) atoms. The van der Waals surface area contributed by atoms with Gasteiger partial charge in [0.25, 0.3) is 11.7 Å². The molecular formula is C26H32N2O5. The fraction of sp³-hybridized carbons (Fsp3) is 0.385. The summed E-state index contributed by atoms with van der Waals surface area (Å²) in [5.74, 6) is -0.106. The SMILES string of the molecule is CCCOc1ccc(C(O)=C2C(=O)C(=O)N(CCN(C)C)[C@@H]2c2ccc(OC)cc2)c(C)c1. The molecule has 1 aliphatic heterocycles. The molecule has 0 unspecified atom stereocenters. The Labute approximate surface area is 195 Å². The predicted molar refractivity (Wildman–Crippen MR) is 128 cm³/mol. The summed E-state index contributed by atoms with van der Waals surface area (Å²) in [5.41, 5.74) is 2.09. The van der Waals surface area contributed by atoms with Crippen LogP contribution in [0.5, 0.6) is 11.5 Å². The molecule has 3 rings (SSSR count). The Balaban J connectivity index is 2.10. The number of aryl methyl sites for hydroxylation is 1. The maximum Gasteiger partial charge on any atom is 0.295 e. The zero-order chi connectivity index (χ0) is 24.1. The van der Waals surface area contributed by atoms with Crippen LogP contribution in [-0.4, -0.2) is 67.5 Å². The summed E-state index contributed by atoms with van der Waals surface area (Å²) >= 11 is 0. The monoisotopic (exact) mass is 452 g/mol. The second-order valence-corrected chi connectivity index (χ2v) is 8.39. The van der Waals surface area contributed by atoms with Gasteiger partial charge in [-0.05, 0) is 68.9 Å². The van der Waals surface area contributed by atoms with Crippen LogP contribution in [0.1, 0.15) is 36.1 Å². The standard InChI is InChI=1S/C26H32N2O5/c1-6-15-33-20-11-12-21(17(2)16-20)24(29)22-23(18-7-9-19(32-5)10-8-18)28(14-13-27(3)4)26(31)25(22)30/h7-12,16,23,29H,6,13-15H2,1-5H3/t23-/m1/s1. The van der Waals surface area contributed by atoms with Gasteiger partial charge in [0.2, 0.25) is 0 Å². The van der Waals surface area contributed by atoms with Gasteiger partial charge in [0.05, 0.1) is 25.3 Å². The van der Waals surface area contributed by atoms with E-state index in [1.165, 1.54) is 4.90 Å². The zero-order valence-electron chi connectivity index (χ0n) is 19.9. The van der Waals surface area contributed by atoms with Crippen molar-refractivity contribution in [2.75, 3.05) is 40.9 Å². The molecule has 1 fully saturated rings. The molecule has 0 spiro atoms. The van der Waals surface area contributed by atoms with E-state index in [1.54, 1.807) is 31.4 Å². The summed E-state index contributed by atoms with van der Waals surface area (Å²) in [5, 5.41) is 11.3. The van der Waals surface area contributed by atoms with Gasteiger partial charge < -0.3 is 24.4 Å². The Bertz CT molecular complexity index is 1040. The van der Waals surface area contributed by atoms with E-state index in [1.807, 2.05) is 51.0 Å². The van der Waals surface area contributed by atoms with Gasteiger partial charge in [-0.1, -0.05) is 19.1 Å². The summed E-state index contributed by atoms with van der Waals surface area (Å²) in [6, 6.07) is 11.8. The first-order valence-corrected chi connectivity index (χ1v) is 11.1. The van der Waals surface area contributed by atoms with Crippen LogP contribution in [0.25, 0.3) is 5.76 Å². The number of amides is 1. The van der Waals surface area contributed by atoms with Crippen molar-refractivity contribution in [1.82, 2.24) is 9.80 Å². The molecule has 0 aliphatic carbocycles. The number of hydrogen-bond acceptors (Lipinski definition) is 6. The molecule has 176 valence electrons. The largest absolute Gasteiger partial charge is 0.507 e. The normalized spacial score (nSPS) is 17.6. The van der Waals surface area contributed by atoms with Gasteiger partial charge in [0.15, 0.2) is 0 Å². The van der Waals surface area contributed by atoms with E-state index in [0.717, 1.165) is 17.5 Å². The number of carbonyl (C=O) groups excluding carboxylic acids is 2. The average Bonchev–Trinajstić information content (AvgIpc) is 3.05. The van der Waals surface area contributed by atoms with E-state index in [2.05, 4.69) is 0 Å². The minimum Gasteiger partial charge on any atom is -0.507 e. The minimum absolute atomic E-state index is 0.0919. The van der Waals surface area contributed by atoms with Crippen LogP contribution in [-0.2, 0) is 9.59 Å². The van der Waals surface area contributed by atoms with E-state index in [9.17, 15) is 14.7 Å². The van der Waals surface area contributed by atoms with Crippen LogP contribution in [0.2, 0.25) is 0 Å². The molecule has 0 aromatic heterocycles. The molecule has 0 bridgehead atoms. The molecule has 0 radical (unpaired) electrons. The minimum atomic E-state index is -0.689. The average molecular weight is 453 g/mol. The first kappa shape index (κ1) is 24.3. The summed E-state index contributed by atoms with van der Waals surface area (Å²) in [7, 11) is 5.39. The number of likely N-dealkylation sites (tertiary alicyclic amines) is 1. The van der Waals surface area contributed by atoms with Crippen molar-refractivity contribution in [3.05, 3.63) is 64.7 Å². The van der Waals surface area contributed by atoms with Crippen molar-refractivity contribution in [3.8, 4) is 11.5 Å². The number of ketones is 1. The third-order valence-corrected chi connectivity index (χ3v) is 5.69. The fourth-order valence-electron chi connectivity index (χ4n) is 3.91. The molecule has 0 saturated carbocycles.